The first-order valence-corrected chi connectivity index (χ1v) is 2.28. The maximum absolute atomic E-state index is 4.55. The lowest BCUT2D eigenvalue weighted by molar-refractivity contribution is 0.393. The fourth-order valence-corrected chi connectivity index (χ4v) is 0.246. The zero-order valence-corrected chi connectivity index (χ0v) is 4.60. The van der Waals surface area contributed by atoms with Gasteiger partial charge >= 0.3 is 0 Å². The van der Waals surface area contributed by atoms with Crippen molar-refractivity contribution in [3.05, 3.63) is 12.8 Å². The van der Waals surface area contributed by atoms with E-state index in [0.717, 1.165) is 0 Å². The molecular weight excluding hydrogens is 99.0 g/mol. The average Bonchev–Trinajstić information content (AvgIpc) is 1.61. The van der Waals surface area contributed by atoms with Crippen molar-refractivity contribution in [1.29, 1.82) is 0 Å². The Morgan fingerprint density at radius 1 is 1.83 bits per heavy atom. The molecule has 0 aliphatic heterocycles. The molecule has 1 unspecified atom stereocenters. The molecule has 0 aliphatic rings. The second-order valence-corrected chi connectivity index (χ2v) is 1.38. The van der Waals surface area contributed by atoms with Crippen molar-refractivity contribution in [2.24, 2.45) is 0 Å². The van der Waals surface area contributed by atoms with Crippen molar-refractivity contribution in [2.45, 2.75) is 0 Å². The molecule has 6 heavy (non-hydrogen) atoms. The van der Waals surface area contributed by atoms with Crippen molar-refractivity contribution in [3.63, 3.8) is 0 Å². The zero-order chi connectivity index (χ0) is 4.83. The maximum atomic E-state index is 4.55. The first kappa shape index (κ1) is 5.93. The summed E-state index contributed by atoms with van der Waals surface area (Å²) in [6.45, 7) is 3.30. The Morgan fingerprint density at radius 3 is 2.67 bits per heavy atom. The SMILES string of the molecule is C=COPOC. The molecule has 36 valence electrons. The Hall–Kier alpha value is -0.0700. The number of hydrogen-bond acceptors (Lipinski definition) is 2. The largest absolute Gasteiger partial charge is 0.458 e. The van der Waals surface area contributed by atoms with Crippen LogP contribution in [-0.2, 0) is 9.05 Å². The van der Waals surface area contributed by atoms with Gasteiger partial charge in [-0.1, -0.05) is 6.58 Å². The van der Waals surface area contributed by atoms with Gasteiger partial charge in [-0.15, -0.1) is 0 Å². The van der Waals surface area contributed by atoms with Crippen LogP contribution in [0.15, 0.2) is 12.8 Å². The van der Waals surface area contributed by atoms with Gasteiger partial charge in [-0.3, -0.25) is 0 Å². The summed E-state index contributed by atoms with van der Waals surface area (Å²) in [5.41, 5.74) is 0. The molecule has 0 radical (unpaired) electrons. The Kier molecular flexibility index (Phi) is 4.87. The molecule has 0 rings (SSSR count). The molecule has 0 bridgehead atoms. The summed E-state index contributed by atoms with van der Waals surface area (Å²) in [7, 11) is 1.67. The molecule has 0 fully saturated rings. The van der Waals surface area contributed by atoms with E-state index in [1.165, 1.54) is 6.26 Å². The second kappa shape index (κ2) is 4.93. The minimum Gasteiger partial charge on any atom is -0.458 e. The summed E-state index contributed by atoms with van der Waals surface area (Å²) in [5, 5.41) is 0. The Balaban J connectivity index is 2.49. The van der Waals surface area contributed by atoms with Gasteiger partial charge in [0, 0.05) is 7.11 Å². The van der Waals surface area contributed by atoms with Gasteiger partial charge in [0.05, 0.1) is 6.26 Å². The molecule has 0 saturated carbocycles. The molecule has 3 heteroatoms. The third-order valence-corrected chi connectivity index (χ3v) is 0.644. The van der Waals surface area contributed by atoms with Crippen LogP contribution < -0.4 is 0 Å². The van der Waals surface area contributed by atoms with E-state index < -0.39 is 0 Å². The van der Waals surface area contributed by atoms with E-state index in [-0.39, 0.29) is 9.03 Å². The summed E-state index contributed by atoms with van der Waals surface area (Å²) in [4.78, 5) is 0. The van der Waals surface area contributed by atoms with Crippen LogP contribution in [0, 0.1) is 0 Å². The van der Waals surface area contributed by atoms with Gasteiger partial charge in [-0.05, 0) is 0 Å². The van der Waals surface area contributed by atoms with Crippen LogP contribution in [0.2, 0.25) is 0 Å². The van der Waals surface area contributed by atoms with Gasteiger partial charge in [0.15, 0.2) is 0 Å². The summed E-state index contributed by atoms with van der Waals surface area (Å²) >= 11 is 0. The van der Waals surface area contributed by atoms with E-state index in [2.05, 4.69) is 15.6 Å². The van der Waals surface area contributed by atoms with E-state index >= 15 is 0 Å². The van der Waals surface area contributed by atoms with Crippen LogP contribution in [0.4, 0.5) is 0 Å². The highest BCUT2D eigenvalue weighted by Crippen LogP contribution is 2.09. The average molecular weight is 106 g/mol. The predicted molar refractivity (Wildman–Crippen MR) is 26.6 cm³/mol. The standard InChI is InChI=1S/C3H7O2P/c1-3-5-6-4-2/h3,6H,1H2,2H3. The first-order chi connectivity index (χ1) is 2.91. The molecule has 0 N–H and O–H groups in total. The Labute approximate surface area is 39.1 Å². The van der Waals surface area contributed by atoms with Crippen molar-refractivity contribution < 1.29 is 9.05 Å². The van der Waals surface area contributed by atoms with Crippen molar-refractivity contribution in [1.82, 2.24) is 0 Å². The van der Waals surface area contributed by atoms with Crippen LogP contribution >= 0.6 is 9.03 Å². The van der Waals surface area contributed by atoms with E-state index in [1.807, 2.05) is 0 Å². The first-order valence-electron chi connectivity index (χ1n) is 1.46. The highest BCUT2D eigenvalue weighted by Gasteiger charge is 1.67. The van der Waals surface area contributed by atoms with Crippen LogP contribution in [0.25, 0.3) is 0 Å². The fourth-order valence-electron chi connectivity index (χ4n) is 0.0821. The molecular formula is C3H7O2P. The maximum Gasteiger partial charge on any atom is 0.214 e. The lowest BCUT2D eigenvalue weighted by Crippen LogP contribution is -1.59. The van der Waals surface area contributed by atoms with Gasteiger partial charge in [-0.25, -0.2) is 0 Å². The molecule has 0 aromatic heterocycles. The van der Waals surface area contributed by atoms with Crippen LogP contribution in [-0.4, -0.2) is 7.11 Å². The van der Waals surface area contributed by atoms with Gasteiger partial charge in [-0.2, -0.15) is 0 Å². The van der Waals surface area contributed by atoms with E-state index in [4.69, 9.17) is 0 Å². The number of hydrogen-bond donors (Lipinski definition) is 0. The second-order valence-electron chi connectivity index (χ2n) is 0.572. The predicted octanol–water partition coefficient (Wildman–Crippen LogP) is 1.30. The summed E-state index contributed by atoms with van der Waals surface area (Å²) in [5.74, 6) is 0. The van der Waals surface area contributed by atoms with Crippen LogP contribution in [0.1, 0.15) is 0 Å². The fraction of sp³-hybridized carbons (Fsp3) is 0.333. The molecule has 0 saturated heterocycles. The third kappa shape index (κ3) is 3.93. The number of rotatable bonds is 3. The van der Waals surface area contributed by atoms with E-state index in [0.29, 0.717) is 0 Å². The molecule has 0 amide bonds. The van der Waals surface area contributed by atoms with Crippen molar-refractivity contribution in [2.75, 3.05) is 7.11 Å². The van der Waals surface area contributed by atoms with E-state index in [9.17, 15) is 0 Å². The lowest BCUT2D eigenvalue weighted by atomic mass is 11.2. The summed E-state index contributed by atoms with van der Waals surface area (Å²) < 4.78 is 9.07. The van der Waals surface area contributed by atoms with Gasteiger partial charge in [0.25, 0.3) is 0 Å². The van der Waals surface area contributed by atoms with Crippen LogP contribution in [0.3, 0.4) is 0 Å². The molecule has 2 nitrogen and oxygen atoms in total. The molecule has 0 aliphatic carbocycles. The third-order valence-electron chi connectivity index (χ3n) is 0.215. The topological polar surface area (TPSA) is 18.5 Å². The monoisotopic (exact) mass is 106 g/mol. The molecule has 0 aromatic carbocycles. The Bertz CT molecular complexity index is 37.8. The minimum absolute atomic E-state index is 0.0968. The highest BCUT2D eigenvalue weighted by atomic mass is 31.1. The quantitative estimate of drug-likeness (QED) is 0.306. The summed E-state index contributed by atoms with van der Waals surface area (Å²) in [6.07, 6.45) is 1.35. The van der Waals surface area contributed by atoms with Crippen molar-refractivity contribution >= 4 is 9.03 Å². The van der Waals surface area contributed by atoms with Gasteiger partial charge in [0.2, 0.25) is 9.03 Å². The smallest absolute Gasteiger partial charge is 0.214 e. The van der Waals surface area contributed by atoms with Crippen LogP contribution in [0.5, 0.6) is 0 Å². The molecule has 0 heterocycles. The normalized spacial score (nSPS) is 9.50. The van der Waals surface area contributed by atoms with Gasteiger partial charge in [0.1, 0.15) is 0 Å². The van der Waals surface area contributed by atoms with Gasteiger partial charge < -0.3 is 9.05 Å². The minimum atomic E-state index is 0.0968. The van der Waals surface area contributed by atoms with Crippen molar-refractivity contribution in [3.8, 4) is 0 Å². The zero-order valence-electron chi connectivity index (χ0n) is 3.60. The molecule has 1 atom stereocenters. The molecule has 0 aromatic rings. The Morgan fingerprint density at radius 2 is 2.50 bits per heavy atom. The molecule has 0 spiro atoms. The highest BCUT2D eigenvalue weighted by molar-refractivity contribution is 7.26. The lowest BCUT2D eigenvalue weighted by Gasteiger charge is -1.90. The van der Waals surface area contributed by atoms with E-state index in [1.54, 1.807) is 7.11 Å². The summed E-state index contributed by atoms with van der Waals surface area (Å²) in [6, 6.07) is 0.